The number of halogens is 1. The van der Waals surface area contributed by atoms with Crippen LogP contribution in [0.3, 0.4) is 0 Å². The van der Waals surface area contributed by atoms with Gasteiger partial charge < -0.3 is 9.47 Å². The molecular formula is C15H15ClO3. The van der Waals surface area contributed by atoms with E-state index < -0.39 is 11.8 Å². The largest absolute Gasteiger partial charge is 0.514 e. The van der Waals surface area contributed by atoms with E-state index in [9.17, 15) is 4.79 Å². The molecule has 0 spiro atoms. The van der Waals surface area contributed by atoms with Crippen LogP contribution in [0.15, 0.2) is 36.4 Å². The van der Waals surface area contributed by atoms with Crippen molar-refractivity contribution in [2.75, 3.05) is 0 Å². The first-order valence-electron chi connectivity index (χ1n) is 5.94. The lowest BCUT2D eigenvalue weighted by atomic mass is 10.1. The smallest absolute Gasteiger partial charge is 0.428 e. The van der Waals surface area contributed by atoms with Crippen molar-refractivity contribution in [2.45, 2.75) is 26.4 Å². The average Bonchev–Trinajstić information content (AvgIpc) is 2.26. The molecule has 0 atom stereocenters. The van der Waals surface area contributed by atoms with Crippen LogP contribution in [0, 0.1) is 0 Å². The minimum Gasteiger partial charge on any atom is -0.428 e. The van der Waals surface area contributed by atoms with E-state index in [0.717, 1.165) is 10.8 Å². The molecule has 0 radical (unpaired) electrons. The van der Waals surface area contributed by atoms with Gasteiger partial charge in [-0.15, -0.1) is 0 Å². The zero-order valence-corrected chi connectivity index (χ0v) is 11.8. The van der Waals surface area contributed by atoms with Gasteiger partial charge in [-0.05, 0) is 55.8 Å². The van der Waals surface area contributed by atoms with Crippen LogP contribution in [0.4, 0.5) is 4.79 Å². The van der Waals surface area contributed by atoms with Crippen molar-refractivity contribution in [3.05, 3.63) is 41.4 Å². The summed E-state index contributed by atoms with van der Waals surface area (Å²) in [6.07, 6.45) is -0.708. The average molecular weight is 279 g/mol. The highest BCUT2D eigenvalue weighted by molar-refractivity contribution is 6.31. The van der Waals surface area contributed by atoms with Gasteiger partial charge in [-0.25, -0.2) is 4.79 Å². The van der Waals surface area contributed by atoms with E-state index in [0.29, 0.717) is 10.8 Å². The number of benzene rings is 2. The molecule has 2 aromatic carbocycles. The maximum absolute atomic E-state index is 11.6. The Kier molecular flexibility index (Phi) is 3.67. The van der Waals surface area contributed by atoms with Gasteiger partial charge in [-0.3, -0.25) is 0 Å². The van der Waals surface area contributed by atoms with Gasteiger partial charge >= 0.3 is 6.16 Å². The van der Waals surface area contributed by atoms with Gasteiger partial charge in [0, 0.05) is 5.02 Å². The minimum atomic E-state index is -0.708. The van der Waals surface area contributed by atoms with Gasteiger partial charge in [0.1, 0.15) is 11.4 Å². The number of hydrogen-bond donors (Lipinski definition) is 0. The van der Waals surface area contributed by atoms with E-state index in [1.165, 1.54) is 0 Å². The molecule has 0 aliphatic heterocycles. The monoisotopic (exact) mass is 278 g/mol. The molecule has 0 bridgehead atoms. The second kappa shape index (κ2) is 5.10. The molecule has 4 heteroatoms. The molecule has 0 aliphatic carbocycles. The second-order valence-corrected chi connectivity index (χ2v) is 5.66. The van der Waals surface area contributed by atoms with Crippen molar-refractivity contribution in [3.63, 3.8) is 0 Å². The molecule has 19 heavy (non-hydrogen) atoms. The van der Waals surface area contributed by atoms with E-state index >= 15 is 0 Å². The molecule has 0 fully saturated rings. The fraction of sp³-hybridized carbons (Fsp3) is 0.267. The minimum absolute atomic E-state index is 0.448. The lowest BCUT2D eigenvalue weighted by molar-refractivity contribution is 0.0206. The molecule has 0 heterocycles. The molecular weight excluding hydrogens is 264 g/mol. The normalized spacial score (nSPS) is 11.4. The Morgan fingerprint density at radius 1 is 1.05 bits per heavy atom. The number of carbonyl (C=O) groups is 1. The summed E-state index contributed by atoms with van der Waals surface area (Å²) in [6.45, 7) is 5.37. The topological polar surface area (TPSA) is 35.5 Å². The van der Waals surface area contributed by atoms with E-state index in [-0.39, 0.29) is 0 Å². The van der Waals surface area contributed by atoms with Gasteiger partial charge in [0.15, 0.2) is 0 Å². The molecule has 2 rings (SSSR count). The third kappa shape index (κ3) is 3.86. The molecule has 0 saturated carbocycles. The van der Waals surface area contributed by atoms with Gasteiger partial charge in [0.2, 0.25) is 0 Å². The van der Waals surface area contributed by atoms with Crippen LogP contribution in [-0.2, 0) is 4.74 Å². The van der Waals surface area contributed by atoms with Crippen molar-refractivity contribution < 1.29 is 14.3 Å². The van der Waals surface area contributed by atoms with Crippen molar-refractivity contribution in [2.24, 2.45) is 0 Å². The summed E-state index contributed by atoms with van der Waals surface area (Å²) in [6, 6.07) is 10.9. The van der Waals surface area contributed by atoms with Gasteiger partial charge in [-0.1, -0.05) is 23.7 Å². The first kappa shape index (κ1) is 13.7. The van der Waals surface area contributed by atoms with E-state index in [2.05, 4.69) is 0 Å². The summed E-state index contributed by atoms with van der Waals surface area (Å²) in [5.41, 5.74) is -0.568. The van der Waals surface area contributed by atoms with Crippen LogP contribution in [-0.4, -0.2) is 11.8 Å². The third-order valence-electron chi connectivity index (χ3n) is 2.36. The molecule has 0 saturated heterocycles. The quantitative estimate of drug-likeness (QED) is 0.555. The Morgan fingerprint density at radius 2 is 1.68 bits per heavy atom. The van der Waals surface area contributed by atoms with Crippen molar-refractivity contribution in [1.29, 1.82) is 0 Å². The highest BCUT2D eigenvalue weighted by atomic mass is 35.5. The standard InChI is InChI=1S/C15H15ClO3/c1-15(2,3)19-14(17)18-13-7-5-10-8-12(16)6-4-11(10)9-13/h4-9H,1-3H3. The molecule has 100 valence electrons. The fourth-order valence-corrected chi connectivity index (χ4v) is 1.81. The summed E-state index contributed by atoms with van der Waals surface area (Å²) in [5.74, 6) is 0.448. The molecule has 0 aromatic heterocycles. The maximum Gasteiger partial charge on any atom is 0.514 e. The zero-order valence-electron chi connectivity index (χ0n) is 11.1. The van der Waals surface area contributed by atoms with Crippen LogP contribution in [0.2, 0.25) is 5.02 Å². The van der Waals surface area contributed by atoms with Crippen LogP contribution in [0.25, 0.3) is 10.8 Å². The third-order valence-corrected chi connectivity index (χ3v) is 2.60. The molecule has 3 nitrogen and oxygen atoms in total. The zero-order chi connectivity index (χ0) is 14.0. The predicted octanol–water partition coefficient (Wildman–Crippen LogP) is 4.81. The Bertz CT molecular complexity index is 614. The van der Waals surface area contributed by atoms with E-state index in [1.54, 1.807) is 39.0 Å². The Balaban J connectivity index is 2.18. The van der Waals surface area contributed by atoms with E-state index in [4.69, 9.17) is 21.1 Å². The predicted molar refractivity (Wildman–Crippen MR) is 75.8 cm³/mol. The van der Waals surface area contributed by atoms with Crippen LogP contribution in [0.1, 0.15) is 20.8 Å². The highest BCUT2D eigenvalue weighted by Crippen LogP contribution is 2.24. The summed E-state index contributed by atoms with van der Waals surface area (Å²) < 4.78 is 10.2. The number of rotatable bonds is 1. The number of carbonyl (C=O) groups excluding carboxylic acids is 1. The van der Waals surface area contributed by atoms with Crippen LogP contribution < -0.4 is 4.74 Å². The Labute approximate surface area is 117 Å². The summed E-state index contributed by atoms with van der Waals surface area (Å²) >= 11 is 5.91. The number of hydrogen-bond acceptors (Lipinski definition) is 3. The summed E-state index contributed by atoms with van der Waals surface area (Å²) in [5, 5.41) is 2.61. The van der Waals surface area contributed by atoms with Gasteiger partial charge in [0.25, 0.3) is 0 Å². The molecule has 0 N–H and O–H groups in total. The summed E-state index contributed by atoms with van der Waals surface area (Å²) in [7, 11) is 0. The van der Waals surface area contributed by atoms with Crippen molar-refractivity contribution >= 4 is 28.5 Å². The first-order valence-corrected chi connectivity index (χ1v) is 6.31. The lowest BCUT2D eigenvalue weighted by Crippen LogP contribution is -2.25. The summed E-state index contributed by atoms with van der Waals surface area (Å²) in [4.78, 5) is 11.6. The van der Waals surface area contributed by atoms with Crippen molar-refractivity contribution in [3.8, 4) is 5.75 Å². The van der Waals surface area contributed by atoms with Crippen molar-refractivity contribution in [1.82, 2.24) is 0 Å². The maximum atomic E-state index is 11.6. The highest BCUT2D eigenvalue weighted by Gasteiger charge is 2.18. The van der Waals surface area contributed by atoms with Crippen LogP contribution >= 0.6 is 11.6 Å². The van der Waals surface area contributed by atoms with E-state index in [1.807, 2.05) is 18.2 Å². The van der Waals surface area contributed by atoms with Gasteiger partial charge in [-0.2, -0.15) is 0 Å². The Morgan fingerprint density at radius 3 is 2.37 bits per heavy atom. The van der Waals surface area contributed by atoms with Gasteiger partial charge in [0.05, 0.1) is 0 Å². The second-order valence-electron chi connectivity index (χ2n) is 5.22. The molecule has 0 amide bonds. The molecule has 2 aromatic rings. The number of fused-ring (bicyclic) bond motifs is 1. The lowest BCUT2D eigenvalue weighted by Gasteiger charge is -2.18. The first-order chi connectivity index (χ1) is 8.83. The molecule has 0 unspecified atom stereocenters. The SMILES string of the molecule is CC(C)(C)OC(=O)Oc1ccc2cc(Cl)ccc2c1. The Hall–Kier alpha value is -1.74. The number of ether oxygens (including phenoxy) is 2. The molecule has 0 aliphatic rings. The van der Waals surface area contributed by atoms with Crippen LogP contribution in [0.5, 0.6) is 5.75 Å². The fourth-order valence-electron chi connectivity index (χ4n) is 1.63.